The van der Waals surface area contributed by atoms with Gasteiger partial charge < -0.3 is 0 Å². The summed E-state index contributed by atoms with van der Waals surface area (Å²) in [5, 5.41) is 13.5. The second-order valence-electron chi connectivity index (χ2n) is 3.67. The van der Waals surface area contributed by atoms with Gasteiger partial charge >= 0.3 is 0 Å². The molecule has 0 aliphatic heterocycles. The van der Waals surface area contributed by atoms with Crippen LogP contribution < -0.4 is 0 Å². The Labute approximate surface area is 116 Å². The highest BCUT2D eigenvalue weighted by Crippen LogP contribution is 2.26. The summed E-state index contributed by atoms with van der Waals surface area (Å²) in [5.74, 6) is 0. The molecule has 1 heterocycles. The van der Waals surface area contributed by atoms with Crippen molar-refractivity contribution in [1.82, 2.24) is 9.78 Å². The predicted molar refractivity (Wildman–Crippen MR) is 73.2 cm³/mol. The summed E-state index contributed by atoms with van der Waals surface area (Å²) in [7, 11) is 0. The summed E-state index contributed by atoms with van der Waals surface area (Å²) < 4.78 is 3.68. The molecule has 5 heteroatoms. The van der Waals surface area contributed by atoms with Crippen LogP contribution in [0.1, 0.15) is 17.0 Å². The lowest BCUT2D eigenvalue weighted by Gasteiger charge is -2.07. The zero-order valence-electron chi connectivity index (χ0n) is 9.33. The van der Waals surface area contributed by atoms with Gasteiger partial charge in [-0.25, -0.2) is 4.68 Å². The summed E-state index contributed by atoms with van der Waals surface area (Å²) >= 11 is 6.89. The van der Waals surface area contributed by atoms with E-state index >= 15 is 0 Å². The third kappa shape index (κ3) is 2.15. The van der Waals surface area contributed by atoms with E-state index < -0.39 is 0 Å². The van der Waals surface area contributed by atoms with E-state index in [2.05, 4.69) is 43.0 Å². The third-order valence-corrected chi connectivity index (χ3v) is 4.15. The number of nitrogens with zero attached hydrogens (tertiary/aromatic N) is 3. The van der Waals surface area contributed by atoms with E-state index in [1.165, 1.54) is 0 Å². The lowest BCUT2D eigenvalue weighted by atomic mass is 10.2. The minimum atomic E-state index is 0.603. The molecule has 17 heavy (non-hydrogen) atoms. The number of hydrogen-bond acceptors (Lipinski definition) is 2. The fourth-order valence-electron chi connectivity index (χ4n) is 1.63. The van der Waals surface area contributed by atoms with Gasteiger partial charge in [0.05, 0.1) is 27.1 Å². The first kappa shape index (κ1) is 12.3. The van der Waals surface area contributed by atoms with Gasteiger partial charge in [-0.1, -0.05) is 15.9 Å². The van der Waals surface area contributed by atoms with Crippen LogP contribution in [0.4, 0.5) is 0 Å². The van der Waals surface area contributed by atoms with Crippen LogP contribution in [0, 0.1) is 25.2 Å². The average molecular weight is 355 g/mol. The van der Waals surface area contributed by atoms with Crippen LogP contribution in [0.5, 0.6) is 0 Å². The number of hydrogen-bond donors (Lipinski definition) is 0. The molecule has 1 aromatic carbocycles. The average Bonchev–Trinajstić information content (AvgIpc) is 2.57. The molecule has 0 radical (unpaired) electrons. The van der Waals surface area contributed by atoms with Crippen molar-refractivity contribution in [1.29, 1.82) is 5.26 Å². The second-order valence-corrected chi connectivity index (χ2v) is 5.38. The maximum atomic E-state index is 9.12. The van der Waals surface area contributed by atoms with Crippen molar-refractivity contribution in [3.63, 3.8) is 0 Å². The fraction of sp³-hybridized carbons (Fsp3) is 0.167. The van der Waals surface area contributed by atoms with Crippen molar-refractivity contribution in [2.45, 2.75) is 13.8 Å². The van der Waals surface area contributed by atoms with Gasteiger partial charge in [0.1, 0.15) is 6.07 Å². The molecule has 0 aliphatic rings. The van der Waals surface area contributed by atoms with Crippen LogP contribution in [0.3, 0.4) is 0 Å². The van der Waals surface area contributed by atoms with Crippen molar-refractivity contribution in [3.05, 3.63) is 44.1 Å². The molecule has 3 nitrogen and oxygen atoms in total. The largest absolute Gasteiger partial charge is 0.235 e. The molecule has 0 bridgehead atoms. The minimum absolute atomic E-state index is 0.603. The van der Waals surface area contributed by atoms with Crippen LogP contribution >= 0.6 is 31.9 Å². The predicted octanol–water partition coefficient (Wildman–Crippen LogP) is 3.89. The molecule has 2 aromatic rings. The summed E-state index contributed by atoms with van der Waals surface area (Å²) in [4.78, 5) is 0. The lowest BCUT2D eigenvalue weighted by Crippen LogP contribution is -2.02. The molecule has 0 atom stereocenters. The zero-order chi connectivity index (χ0) is 12.6. The Bertz CT molecular complexity index is 623. The summed E-state index contributed by atoms with van der Waals surface area (Å²) in [6.07, 6.45) is 0. The van der Waals surface area contributed by atoms with Crippen LogP contribution in [0.25, 0.3) is 5.69 Å². The third-order valence-electron chi connectivity index (χ3n) is 2.51. The van der Waals surface area contributed by atoms with Crippen molar-refractivity contribution in [2.75, 3.05) is 0 Å². The molecule has 86 valence electrons. The Kier molecular flexibility index (Phi) is 3.36. The highest BCUT2D eigenvalue weighted by atomic mass is 79.9. The summed E-state index contributed by atoms with van der Waals surface area (Å²) in [6, 6.07) is 7.71. The van der Waals surface area contributed by atoms with Crippen LogP contribution in [-0.4, -0.2) is 9.78 Å². The molecule has 0 amide bonds. The van der Waals surface area contributed by atoms with Crippen molar-refractivity contribution >= 4 is 31.9 Å². The molecule has 0 saturated heterocycles. The number of aryl methyl sites for hydroxylation is 1. The summed E-state index contributed by atoms with van der Waals surface area (Å²) in [5.41, 5.74) is 3.28. The van der Waals surface area contributed by atoms with Crippen molar-refractivity contribution in [3.8, 4) is 11.8 Å². The van der Waals surface area contributed by atoms with Crippen LogP contribution in [-0.2, 0) is 0 Å². The highest BCUT2D eigenvalue weighted by molar-refractivity contribution is 9.10. The quantitative estimate of drug-likeness (QED) is 0.779. The number of nitriles is 1. The first-order valence-corrected chi connectivity index (χ1v) is 6.55. The van der Waals surface area contributed by atoms with E-state index in [1.54, 1.807) is 10.7 Å². The van der Waals surface area contributed by atoms with Gasteiger partial charge in [-0.15, -0.1) is 0 Å². The number of rotatable bonds is 1. The molecular weight excluding hydrogens is 346 g/mol. The van der Waals surface area contributed by atoms with Crippen molar-refractivity contribution < 1.29 is 0 Å². The first-order valence-electron chi connectivity index (χ1n) is 4.96. The van der Waals surface area contributed by atoms with Crippen molar-refractivity contribution in [2.24, 2.45) is 0 Å². The monoisotopic (exact) mass is 353 g/mol. The normalized spacial score (nSPS) is 10.3. The Hall–Kier alpha value is -1.12. The van der Waals surface area contributed by atoms with Crippen LogP contribution in [0.15, 0.2) is 27.1 Å². The van der Waals surface area contributed by atoms with Gasteiger partial charge in [0, 0.05) is 4.47 Å². The van der Waals surface area contributed by atoms with Gasteiger partial charge in [-0.3, -0.25) is 0 Å². The Morgan fingerprint density at radius 1 is 1.29 bits per heavy atom. The van der Waals surface area contributed by atoms with E-state index in [-0.39, 0.29) is 0 Å². The minimum Gasteiger partial charge on any atom is -0.235 e. The second kappa shape index (κ2) is 4.63. The van der Waals surface area contributed by atoms with E-state index in [9.17, 15) is 0 Å². The molecular formula is C12H9Br2N3. The standard InChI is InChI=1S/C12H9Br2N3/c1-7-12(14)8(2)17(16-7)11-5-10(13)4-3-9(11)6-15/h3-5H,1-2H3. The summed E-state index contributed by atoms with van der Waals surface area (Å²) in [6.45, 7) is 3.89. The Morgan fingerprint density at radius 2 is 2.00 bits per heavy atom. The van der Waals surface area contributed by atoms with Gasteiger partial charge in [-0.05, 0) is 48.0 Å². The highest BCUT2D eigenvalue weighted by Gasteiger charge is 2.13. The first-order chi connectivity index (χ1) is 8.04. The van der Waals surface area contributed by atoms with E-state index in [0.717, 1.165) is 26.0 Å². The molecule has 0 aliphatic carbocycles. The number of aromatic nitrogens is 2. The topological polar surface area (TPSA) is 41.6 Å². The zero-order valence-corrected chi connectivity index (χ0v) is 12.5. The maximum Gasteiger partial charge on any atom is 0.101 e. The smallest absolute Gasteiger partial charge is 0.101 e. The van der Waals surface area contributed by atoms with Gasteiger partial charge in [0.15, 0.2) is 0 Å². The fourth-order valence-corrected chi connectivity index (χ4v) is 2.23. The number of halogens is 2. The molecule has 0 fully saturated rings. The van der Waals surface area contributed by atoms with E-state index in [1.807, 2.05) is 26.0 Å². The van der Waals surface area contributed by atoms with E-state index in [0.29, 0.717) is 5.56 Å². The Balaban J connectivity index is 2.72. The Morgan fingerprint density at radius 3 is 2.53 bits per heavy atom. The maximum absolute atomic E-state index is 9.12. The molecule has 1 aromatic heterocycles. The van der Waals surface area contributed by atoms with Gasteiger partial charge in [0.2, 0.25) is 0 Å². The molecule has 0 spiro atoms. The van der Waals surface area contributed by atoms with Crippen LogP contribution in [0.2, 0.25) is 0 Å². The van der Waals surface area contributed by atoms with E-state index in [4.69, 9.17) is 5.26 Å². The molecule has 0 saturated carbocycles. The molecule has 2 rings (SSSR count). The van der Waals surface area contributed by atoms with Gasteiger partial charge in [-0.2, -0.15) is 10.4 Å². The lowest BCUT2D eigenvalue weighted by molar-refractivity contribution is 0.830. The SMILES string of the molecule is Cc1nn(-c2cc(Br)ccc2C#N)c(C)c1Br. The molecule has 0 unspecified atom stereocenters. The van der Waals surface area contributed by atoms with Gasteiger partial charge in [0.25, 0.3) is 0 Å². The molecule has 0 N–H and O–H groups in total. The number of benzene rings is 1.